The lowest BCUT2D eigenvalue weighted by atomic mass is 10.0. The molecule has 13 heavy (non-hydrogen) atoms. The van der Waals surface area contributed by atoms with E-state index in [1.807, 2.05) is 12.1 Å². The minimum atomic E-state index is 0.439. The molecule has 0 aliphatic heterocycles. The van der Waals surface area contributed by atoms with E-state index in [2.05, 4.69) is 23.8 Å². The summed E-state index contributed by atoms with van der Waals surface area (Å²) in [5.41, 5.74) is 3.02. The lowest BCUT2D eigenvalue weighted by molar-refractivity contribution is 0.868. The second kappa shape index (κ2) is 3.04. The number of nitrogens with zero attached hydrogens (tertiary/aromatic N) is 1. The van der Waals surface area contributed by atoms with E-state index >= 15 is 0 Å². The molecule has 0 fully saturated rings. The number of hydrogen-bond donors (Lipinski definition) is 1. The molecule has 0 bridgehead atoms. The van der Waals surface area contributed by atoms with E-state index in [0.717, 1.165) is 21.6 Å². The van der Waals surface area contributed by atoms with E-state index in [4.69, 9.17) is 11.6 Å². The van der Waals surface area contributed by atoms with Crippen molar-refractivity contribution in [2.45, 2.75) is 19.8 Å². The summed E-state index contributed by atoms with van der Waals surface area (Å²) in [6, 6.07) is 4.07. The minimum absolute atomic E-state index is 0.439. The maximum Gasteiger partial charge on any atom is 0.107 e. The summed E-state index contributed by atoms with van der Waals surface area (Å²) in [5, 5.41) is 0.772. The maximum atomic E-state index is 6.20. The first-order valence-corrected chi connectivity index (χ1v) is 4.69. The Labute approximate surface area is 81.9 Å². The van der Waals surface area contributed by atoms with Crippen molar-refractivity contribution in [2.24, 2.45) is 0 Å². The summed E-state index contributed by atoms with van der Waals surface area (Å²) in [6.45, 7) is 4.25. The van der Waals surface area contributed by atoms with Crippen LogP contribution in [0.1, 0.15) is 25.3 Å². The Morgan fingerprint density at radius 3 is 2.85 bits per heavy atom. The van der Waals surface area contributed by atoms with Gasteiger partial charge in [-0.05, 0) is 17.5 Å². The number of halogens is 1. The highest BCUT2D eigenvalue weighted by molar-refractivity contribution is 6.35. The summed E-state index contributed by atoms with van der Waals surface area (Å²) in [7, 11) is 0. The third-order valence-electron chi connectivity index (χ3n) is 2.18. The molecule has 0 aliphatic carbocycles. The van der Waals surface area contributed by atoms with Crippen molar-refractivity contribution < 1.29 is 0 Å². The molecular formula is C10H11ClN2. The SMILES string of the molecule is CC(C)c1ccc2[nH]cnc2c1Cl. The van der Waals surface area contributed by atoms with Crippen molar-refractivity contribution in [1.82, 2.24) is 9.97 Å². The first kappa shape index (κ1) is 8.57. The molecule has 0 atom stereocenters. The molecule has 1 aromatic carbocycles. The minimum Gasteiger partial charge on any atom is -0.345 e. The van der Waals surface area contributed by atoms with E-state index in [0.29, 0.717) is 5.92 Å². The van der Waals surface area contributed by atoms with Crippen LogP contribution in [0, 0.1) is 0 Å². The number of hydrogen-bond acceptors (Lipinski definition) is 1. The second-order valence-corrected chi connectivity index (χ2v) is 3.80. The van der Waals surface area contributed by atoms with Crippen molar-refractivity contribution in [3.05, 3.63) is 29.0 Å². The van der Waals surface area contributed by atoms with Gasteiger partial charge in [-0.25, -0.2) is 4.98 Å². The predicted molar refractivity (Wildman–Crippen MR) is 55.2 cm³/mol. The Morgan fingerprint density at radius 2 is 2.15 bits per heavy atom. The lowest BCUT2D eigenvalue weighted by Crippen LogP contribution is -1.89. The normalized spacial score (nSPS) is 11.4. The van der Waals surface area contributed by atoms with Gasteiger partial charge in [0.15, 0.2) is 0 Å². The van der Waals surface area contributed by atoms with Crippen LogP contribution < -0.4 is 0 Å². The summed E-state index contributed by atoms with van der Waals surface area (Å²) in [5.74, 6) is 0.439. The Hall–Kier alpha value is -1.02. The molecular weight excluding hydrogens is 184 g/mol. The number of imidazole rings is 1. The third-order valence-corrected chi connectivity index (χ3v) is 2.58. The first-order chi connectivity index (χ1) is 6.20. The Balaban J connectivity index is 2.73. The van der Waals surface area contributed by atoms with Crippen LogP contribution in [-0.4, -0.2) is 9.97 Å². The number of fused-ring (bicyclic) bond motifs is 1. The van der Waals surface area contributed by atoms with Crippen molar-refractivity contribution in [2.75, 3.05) is 0 Å². The highest BCUT2D eigenvalue weighted by Gasteiger charge is 2.09. The van der Waals surface area contributed by atoms with E-state index in [-0.39, 0.29) is 0 Å². The van der Waals surface area contributed by atoms with Crippen molar-refractivity contribution >= 4 is 22.6 Å². The molecule has 1 N–H and O–H groups in total. The fourth-order valence-corrected chi connectivity index (χ4v) is 1.87. The van der Waals surface area contributed by atoms with Crippen molar-refractivity contribution in [3.63, 3.8) is 0 Å². The van der Waals surface area contributed by atoms with Gasteiger partial charge in [-0.3, -0.25) is 0 Å². The maximum absolute atomic E-state index is 6.20. The van der Waals surface area contributed by atoms with Gasteiger partial charge in [0.25, 0.3) is 0 Å². The van der Waals surface area contributed by atoms with Gasteiger partial charge in [0.1, 0.15) is 5.52 Å². The van der Waals surface area contributed by atoms with Crippen LogP contribution in [-0.2, 0) is 0 Å². The van der Waals surface area contributed by atoms with Gasteiger partial charge in [-0.2, -0.15) is 0 Å². The molecule has 0 aliphatic rings. The number of nitrogens with one attached hydrogen (secondary N) is 1. The molecule has 1 aromatic heterocycles. The first-order valence-electron chi connectivity index (χ1n) is 4.31. The van der Waals surface area contributed by atoms with Crippen LogP contribution >= 0.6 is 11.6 Å². The molecule has 2 rings (SSSR count). The molecule has 0 spiro atoms. The molecule has 2 aromatic rings. The van der Waals surface area contributed by atoms with Gasteiger partial charge in [0.2, 0.25) is 0 Å². The zero-order valence-electron chi connectivity index (χ0n) is 7.63. The standard InChI is InChI=1S/C10H11ClN2/c1-6(2)7-3-4-8-10(9(7)11)13-5-12-8/h3-6H,1-2H3,(H,12,13). The summed E-state index contributed by atoms with van der Waals surface area (Å²) in [6.07, 6.45) is 1.67. The average Bonchev–Trinajstić information content (AvgIpc) is 2.52. The molecule has 0 unspecified atom stereocenters. The largest absolute Gasteiger partial charge is 0.345 e. The zero-order valence-corrected chi connectivity index (χ0v) is 8.39. The Kier molecular flexibility index (Phi) is 2.00. The van der Waals surface area contributed by atoms with Gasteiger partial charge in [-0.15, -0.1) is 0 Å². The molecule has 1 heterocycles. The van der Waals surface area contributed by atoms with Crippen LogP contribution in [0.5, 0.6) is 0 Å². The summed E-state index contributed by atoms with van der Waals surface area (Å²) in [4.78, 5) is 7.20. The number of H-pyrrole nitrogens is 1. The smallest absolute Gasteiger partial charge is 0.107 e. The number of rotatable bonds is 1. The van der Waals surface area contributed by atoms with Gasteiger partial charge in [0.05, 0.1) is 16.9 Å². The third kappa shape index (κ3) is 1.31. The van der Waals surface area contributed by atoms with Gasteiger partial charge in [0, 0.05) is 0 Å². The highest BCUT2D eigenvalue weighted by atomic mass is 35.5. The van der Waals surface area contributed by atoms with E-state index < -0.39 is 0 Å². The van der Waals surface area contributed by atoms with Gasteiger partial charge < -0.3 is 4.98 Å². The van der Waals surface area contributed by atoms with E-state index in [1.165, 1.54) is 0 Å². The number of aromatic nitrogens is 2. The highest BCUT2D eigenvalue weighted by Crippen LogP contribution is 2.29. The molecule has 0 saturated carbocycles. The molecule has 0 amide bonds. The molecule has 0 radical (unpaired) electrons. The topological polar surface area (TPSA) is 28.7 Å². The number of aromatic amines is 1. The van der Waals surface area contributed by atoms with E-state index in [9.17, 15) is 0 Å². The average molecular weight is 195 g/mol. The van der Waals surface area contributed by atoms with Crippen LogP contribution in [0.4, 0.5) is 0 Å². The Morgan fingerprint density at radius 1 is 1.38 bits per heavy atom. The predicted octanol–water partition coefficient (Wildman–Crippen LogP) is 3.34. The van der Waals surface area contributed by atoms with Crippen molar-refractivity contribution in [1.29, 1.82) is 0 Å². The van der Waals surface area contributed by atoms with Gasteiger partial charge >= 0.3 is 0 Å². The molecule has 2 nitrogen and oxygen atoms in total. The molecule has 3 heteroatoms. The molecule has 0 saturated heterocycles. The lowest BCUT2D eigenvalue weighted by Gasteiger charge is -2.07. The van der Waals surface area contributed by atoms with Gasteiger partial charge in [-0.1, -0.05) is 31.5 Å². The van der Waals surface area contributed by atoms with Crippen LogP contribution in [0.15, 0.2) is 18.5 Å². The second-order valence-electron chi connectivity index (χ2n) is 3.42. The van der Waals surface area contributed by atoms with Crippen LogP contribution in [0.2, 0.25) is 5.02 Å². The fourth-order valence-electron chi connectivity index (χ4n) is 1.44. The van der Waals surface area contributed by atoms with E-state index in [1.54, 1.807) is 6.33 Å². The molecule has 68 valence electrons. The number of benzene rings is 1. The van der Waals surface area contributed by atoms with Crippen molar-refractivity contribution in [3.8, 4) is 0 Å². The quantitative estimate of drug-likeness (QED) is 0.741. The van der Waals surface area contributed by atoms with Crippen LogP contribution in [0.25, 0.3) is 11.0 Å². The Bertz CT molecular complexity index is 431. The van der Waals surface area contributed by atoms with Crippen LogP contribution in [0.3, 0.4) is 0 Å². The monoisotopic (exact) mass is 194 g/mol. The summed E-state index contributed by atoms with van der Waals surface area (Å²) < 4.78 is 0. The fraction of sp³-hybridized carbons (Fsp3) is 0.300. The summed E-state index contributed by atoms with van der Waals surface area (Å²) >= 11 is 6.20. The zero-order chi connectivity index (χ0) is 9.42.